The van der Waals surface area contributed by atoms with Gasteiger partial charge >= 0.3 is 12.7 Å². The van der Waals surface area contributed by atoms with Crippen molar-refractivity contribution in [3.8, 4) is 5.75 Å². The van der Waals surface area contributed by atoms with Gasteiger partial charge in [0.1, 0.15) is 5.75 Å². The number of hydrogen-bond acceptors (Lipinski definition) is 4. The summed E-state index contributed by atoms with van der Waals surface area (Å²) >= 11 is 0. The Labute approximate surface area is 109 Å². The summed E-state index contributed by atoms with van der Waals surface area (Å²) in [5, 5.41) is 3.74. The Morgan fingerprint density at radius 3 is 2.68 bits per heavy atom. The summed E-state index contributed by atoms with van der Waals surface area (Å²) in [7, 11) is 1.19. The van der Waals surface area contributed by atoms with Gasteiger partial charge in [-0.15, -0.1) is 0 Å². The van der Waals surface area contributed by atoms with E-state index in [0.29, 0.717) is 11.3 Å². The first-order valence-electron chi connectivity index (χ1n) is 5.38. The maximum Gasteiger partial charge on any atom is 0.427 e. The highest BCUT2D eigenvalue weighted by Crippen LogP contribution is 2.22. The van der Waals surface area contributed by atoms with Crippen LogP contribution in [-0.2, 0) is 4.74 Å². The fourth-order valence-electron chi connectivity index (χ4n) is 1.36. The number of nitrogens with zero attached hydrogens (tertiary/aromatic N) is 1. The lowest BCUT2D eigenvalue weighted by Gasteiger charge is -2.11. The Morgan fingerprint density at radius 1 is 1.42 bits per heavy atom. The number of benzene rings is 1. The van der Waals surface area contributed by atoms with Gasteiger partial charge in [0.25, 0.3) is 0 Å². The minimum Gasteiger partial charge on any atom is -0.452 e. The van der Waals surface area contributed by atoms with Gasteiger partial charge in [-0.1, -0.05) is 11.6 Å². The predicted octanol–water partition coefficient (Wildman–Crippen LogP) is 2.68. The summed E-state index contributed by atoms with van der Waals surface area (Å²) in [5.74, 6) is -0.00600. The highest BCUT2D eigenvalue weighted by molar-refractivity contribution is 6.01. The molecule has 0 aliphatic rings. The molecule has 0 fully saturated rings. The van der Waals surface area contributed by atoms with Crippen LogP contribution in [0, 0.1) is 6.92 Å². The maximum atomic E-state index is 12.3. The van der Waals surface area contributed by atoms with E-state index < -0.39 is 12.7 Å². The van der Waals surface area contributed by atoms with E-state index in [0.717, 1.165) is 5.56 Å². The van der Waals surface area contributed by atoms with Crippen LogP contribution in [-0.4, -0.2) is 25.5 Å². The summed E-state index contributed by atoms with van der Waals surface area (Å²) in [6, 6.07) is 4.70. The standard InChI is InChI=1S/C12H14F2N2O3/c1-7-4-5-10(19-11(13)14)9(6-7)8(2)15-16-12(17)18-3/h4-6,11H,1-3H3,(H,16,17)/b15-8-. The minimum absolute atomic E-state index is 0.00600. The number of hydrazone groups is 1. The first kappa shape index (κ1) is 14.9. The zero-order valence-electron chi connectivity index (χ0n) is 10.7. The molecule has 1 amide bonds. The van der Waals surface area contributed by atoms with Crippen LogP contribution in [0.15, 0.2) is 23.3 Å². The number of carbonyl (C=O) groups is 1. The van der Waals surface area contributed by atoms with Crippen molar-refractivity contribution in [3.63, 3.8) is 0 Å². The molecule has 0 aliphatic carbocycles. The SMILES string of the molecule is COC(=O)N/N=C(/C)c1cc(C)ccc1OC(F)F. The van der Waals surface area contributed by atoms with Crippen LogP contribution in [0.4, 0.5) is 13.6 Å². The smallest absolute Gasteiger partial charge is 0.427 e. The van der Waals surface area contributed by atoms with Gasteiger partial charge in [0.15, 0.2) is 0 Å². The monoisotopic (exact) mass is 272 g/mol. The topological polar surface area (TPSA) is 59.9 Å². The average Bonchev–Trinajstić information content (AvgIpc) is 2.37. The third kappa shape index (κ3) is 4.53. The van der Waals surface area contributed by atoms with Crippen LogP contribution in [0.1, 0.15) is 18.1 Å². The van der Waals surface area contributed by atoms with E-state index in [2.05, 4.69) is 20.0 Å². The Bertz CT molecular complexity index is 490. The second kappa shape index (κ2) is 6.67. The lowest BCUT2D eigenvalue weighted by Crippen LogP contribution is -2.19. The summed E-state index contributed by atoms with van der Waals surface area (Å²) in [4.78, 5) is 10.9. The Hall–Kier alpha value is -2.18. The van der Waals surface area contributed by atoms with Crippen molar-refractivity contribution >= 4 is 11.8 Å². The number of ether oxygens (including phenoxy) is 2. The van der Waals surface area contributed by atoms with Crippen molar-refractivity contribution in [2.45, 2.75) is 20.5 Å². The molecule has 0 radical (unpaired) electrons. The summed E-state index contributed by atoms with van der Waals surface area (Å²) in [6.07, 6.45) is -0.747. The highest BCUT2D eigenvalue weighted by atomic mass is 19.3. The first-order valence-corrected chi connectivity index (χ1v) is 5.38. The van der Waals surface area contributed by atoms with Crippen LogP contribution in [0.2, 0.25) is 0 Å². The Kier molecular flexibility index (Phi) is 5.23. The third-order valence-electron chi connectivity index (χ3n) is 2.24. The van der Waals surface area contributed by atoms with E-state index in [4.69, 9.17) is 0 Å². The van der Waals surface area contributed by atoms with E-state index in [9.17, 15) is 13.6 Å². The molecule has 0 saturated carbocycles. The molecular formula is C12H14F2N2O3. The van der Waals surface area contributed by atoms with Gasteiger partial charge in [-0.25, -0.2) is 10.2 Å². The normalized spacial score (nSPS) is 11.4. The van der Waals surface area contributed by atoms with Crippen LogP contribution in [0.5, 0.6) is 5.75 Å². The second-order valence-corrected chi connectivity index (χ2v) is 3.68. The van der Waals surface area contributed by atoms with Crippen molar-refractivity contribution in [1.29, 1.82) is 0 Å². The molecule has 0 unspecified atom stereocenters. The first-order chi connectivity index (χ1) is 8.93. The highest BCUT2D eigenvalue weighted by Gasteiger charge is 2.12. The largest absolute Gasteiger partial charge is 0.452 e. The number of halogens is 2. The van der Waals surface area contributed by atoms with E-state index in [-0.39, 0.29) is 5.75 Å². The molecule has 0 aliphatic heterocycles. The van der Waals surface area contributed by atoms with Gasteiger partial charge < -0.3 is 9.47 Å². The minimum atomic E-state index is -2.93. The molecule has 0 heterocycles. The molecule has 5 nitrogen and oxygen atoms in total. The van der Waals surface area contributed by atoms with Crippen molar-refractivity contribution in [1.82, 2.24) is 5.43 Å². The lowest BCUT2D eigenvalue weighted by atomic mass is 10.1. The van der Waals surface area contributed by atoms with Crippen LogP contribution >= 0.6 is 0 Å². The predicted molar refractivity (Wildman–Crippen MR) is 65.6 cm³/mol. The molecule has 0 atom stereocenters. The Balaban J connectivity index is 3.02. The zero-order valence-corrected chi connectivity index (χ0v) is 10.7. The number of nitrogens with one attached hydrogen (secondary N) is 1. The number of amides is 1. The van der Waals surface area contributed by atoms with Crippen molar-refractivity contribution in [2.75, 3.05) is 7.11 Å². The van der Waals surface area contributed by atoms with Gasteiger partial charge in [-0.3, -0.25) is 0 Å². The molecule has 0 saturated heterocycles. The van der Waals surface area contributed by atoms with E-state index in [1.807, 2.05) is 0 Å². The van der Waals surface area contributed by atoms with Crippen LogP contribution in [0.3, 0.4) is 0 Å². The third-order valence-corrected chi connectivity index (χ3v) is 2.24. The maximum absolute atomic E-state index is 12.3. The van der Waals surface area contributed by atoms with E-state index >= 15 is 0 Å². The van der Waals surface area contributed by atoms with Crippen LogP contribution < -0.4 is 10.2 Å². The lowest BCUT2D eigenvalue weighted by molar-refractivity contribution is -0.0499. The number of rotatable bonds is 4. The molecule has 1 aromatic rings. The molecule has 1 aromatic carbocycles. The number of hydrogen-bond donors (Lipinski definition) is 1. The molecule has 19 heavy (non-hydrogen) atoms. The summed E-state index contributed by atoms with van der Waals surface area (Å²) in [5.41, 5.74) is 3.66. The zero-order chi connectivity index (χ0) is 14.4. The van der Waals surface area contributed by atoms with Gasteiger partial charge in [0.05, 0.1) is 12.8 Å². The molecule has 104 valence electrons. The van der Waals surface area contributed by atoms with Gasteiger partial charge in [-0.05, 0) is 26.0 Å². The fraction of sp³-hybridized carbons (Fsp3) is 0.333. The quantitative estimate of drug-likeness (QED) is 0.677. The van der Waals surface area contributed by atoms with E-state index in [1.165, 1.54) is 13.2 Å². The average molecular weight is 272 g/mol. The fourth-order valence-corrected chi connectivity index (χ4v) is 1.36. The number of methoxy groups -OCH3 is 1. The molecule has 1 N–H and O–H groups in total. The number of carbonyl (C=O) groups excluding carboxylic acids is 1. The van der Waals surface area contributed by atoms with Gasteiger partial charge in [-0.2, -0.15) is 13.9 Å². The van der Waals surface area contributed by atoms with Crippen molar-refractivity contribution < 1.29 is 23.0 Å². The van der Waals surface area contributed by atoms with Crippen molar-refractivity contribution in [3.05, 3.63) is 29.3 Å². The summed E-state index contributed by atoms with van der Waals surface area (Å²) < 4.78 is 33.3. The summed E-state index contributed by atoms with van der Waals surface area (Å²) in [6.45, 7) is 0.433. The van der Waals surface area contributed by atoms with Crippen molar-refractivity contribution in [2.24, 2.45) is 5.10 Å². The van der Waals surface area contributed by atoms with Gasteiger partial charge in [0, 0.05) is 5.56 Å². The molecule has 0 aromatic heterocycles. The number of alkyl halides is 2. The molecule has 0 spiro atoms. The second-order valence-electron chi connectivity index (χ2n) is 3.68. The molecule has 1 rings (SSSR count). The number of aryl methyl sites for hydroxylation is 1. The molecule has 7 heteroatoms. The van der Waals surface area contributed by atoms with Crippen LogP contribution in [0.25, 0.3) is 0 Å². The van der Waals surface area contributed by atoms with E-state index in [1.54, 1.807) is 26.0 Å². The Morgan fingerprint density at radius 2 is 2.11 bits per heavy atom. The van der Waals surface area contributed by atoms with Gasteiger partial charge in [0.2, 0.25) is 0 Å². The molecule has 0 bridgehead atoms. The molecular weight excluding hydrogens is 258 g/mol.